The van der Waals surface area contributed by atoms with Crippen molar-refractivity contribution in [3.05, 3.63) is 16.6 Å². The van der Waals surface area contributed by atoms with Crippen LogP contribution in [-0.2, 0) is 6.42 Å². The van der Waals surface area contributed by atoms with E-state index >= 15 is 0 Å². The minimum atomic E-state index is 0.692. The molecule has 2 rings (SSSR count). The van der Waals surface area contributed by atoms with Crippen LogP contribution in [0.15, 0.2) is 10.9 Å². The average molecular weight is 168 g/mol. The Labute approximate surface area is 70.7 Å². The summed E-state index contributed by atoms with van der Waals surface area (Å²) in [6.45, 7) is 1.19. The molecule has 0 aromatic carbocycles. The molecule has 1 saturated heterocycles. The van der Waals surface area contributed by atoms with E-state index in [1.807, 2.05) is 5.51 Å². The summed E-state index contributed by atoms with van der Waals surface area (Å²) < 4.78 is 0. The van der Waals surface area contributed by atoms with Crippen LogP contribution in [0.4, 0.5) is 0 Å². The summed E-state index contributed by atoms with van der Waals surface area (Å²) in [4.78, 5) is 4.26. The molecule has 0 aliphatic carbocycles. The van der Waals surface area contributed by atoms with E-state index in [1.54, 1.807) is 11.3 Å². The van der Waals surface area contributed by atoms with Gasteiger partial charge < -0.3 is 5.32 Å². The van der Waals surface area contributed by atoms with E-state index < -0.39 is 0 Å². The van der Waals surface area contributed by atoms with E-state index in [9.17, 15) is 0 Å². The van der Waals surface area contributed by atoms with E-state index in [4.69, 9.17) is 0 Å². The van der Waals surface area contributed by atoms with Gasteiger partial charge >= 0.3 is 0 Å². The first-order chi connectivity index (χ1) is 5.45. The molecule has 1 N–H and O–H groups in total. The lowest BCUT2D eigenvalue weighted by Crippen LogP contribution is -2.23. The fraction of sp³-hybridized carbons (Fsp3) is 0.625. The van der Waals surface area contributed by atoms with Crippen molar-refractivity contribution in [1.82, 2.24) is 10.3 Å². The van der Waals surface area contributed by atoms with Gasteiger partial charge in [0.05, 0.1) is 11.2 Å². The molecule has 0 amide bonds. The van der Waals surface area contributed by atoms with Crippen molar-refractivity contribution in [2.24, 2.45) is 0 Å². The molecule has 3 heteroatoms. The first kappa shape index (κ1) is 7.25. The lowest BCUT2D eigenvalue weighted by Gasteiger charge is -2.06. The number of nitrogens with zero attached hydrogens (tertiary/aromatic N) is 1. The van der Waals surface area contributed by atoms with Crippen LogP contribution < -0.4 is 5.32 Å². The molecule has 1 aliphatic heterocycles. The van der Waals surface area contributed by atoms with Crippen LogP contribution in [0.5, 0.6) is 0 Å². The van der Waals surface area contributed by atoms with Crippen molar-refractivity contribution >= 4 is 11.3 Å². The summed E-state index contributed by atoms with van der Waals surface area (Å²) in [6, 6.07) is 0.692. The van der Waals surface area contributed by atoms with Gasteiger partial charge in [-0.3, -0.25) is 0 Å². The Balaban J connectivity index is 1.90. The minimum Gasteiger partial charge on any atom is -0.314 e. The van der Waals surface area contributed by atoms with Crippen LogP contribution in [0.25, 0.3) is 0 Å². The van der Waals surface area contributed by atoms with Crippen LogP contribution in [0.1, 0.15) is 18.5 Å². The third-order valence-corrected chi connectivity index (χ3v) is 2.74. The molecule has 1 aliphatic rings. The van der Waals surface area contributed by atoms with Gasteiger partial charge in [-0.25, -0.2) is 4.98 Å². The zero-order chi connectivity index (χ0) is 7.52. The Bertz CT molecular complexity index is 202. The van der Waals surface area contributed by atoms with E-state index in [0.29, 0.717) is 6.04 Å². The topological polar surface area (TPSA) is 24.9 Å². The normalized spacial score (nSPS) is 24.2. The van der Waals surface area contributed by atoms with Crippen molar-refractivity contribution in [1.29, 1.82) is 0 Å². The van der Waals surface area contributed by atoms with E-state index in [-0.39, 0.29) is 0 Å². The standard InChI is InChI=1S/C8H12N2S/c1-2-7(9-3-1)4-8-5-11-6-10-8/h5-7,9H,1-4H2. The van der Waals surface area contributed by atoms with Gasteiger partial charge in [0.1, 0.15) is 0 Å². The highest BCUT2D eigenvalue weighted by Gasteiger charge is 2.14. The predicted octanol–water partition coefficient (Wildman–Crippen LogP) is 1.44. The molecule has 1 unspecified atom stereocenters. The Morgan fingerprint density at radius 2 is 2.73 bits per heavy atom. The van der Waals surface area contributed by atoms with Crippen LogP contribution in [0, 0.1) is 0 Å². The first-order valence-electron chi connectivity index (χ1n) is 4.05. The summed E-state index contributed by atoms with van der Waals surface area (Å²) in [5.41, 5.74) is 3.15. The molecule has 60 valence electrons. The fourth-order valence-corrected chi connectivity index (χ4v) is 2.09. The third-order valence-electron chi connectivity index (χ3n) is 2.10. The molecular weight excluding hydrogens is 156 g/mol. The molecule has 11 heavy (non-hydrogen) atoms. The third kappa shape index (κ3) is 1.79. The monoisotopic (exact) mass is 168 g/mol. The van der Waals surface area contributed by atoms with Crippen LogP contribution in [0.3, 0.4) is 0 Å². The minimum absolute atomic E-state index is 0.692. The predicted molar refractivity (Wildman–Crippen MR) is 46.8 cm³/mol. The number of thiazole rings is 1. The fourth-order valence-electron chi connectivity index (χ4n) is 1.52. The van der Waals surface area contributed by atoms with Gasteiger partial charge in [-0.15, -0.1) is 11.3 Å². The Kier molecular flexibility index (Phi) is 2.19. The van der Waals surface area contributed by atoms with Gasteiger partial charge in [-0.05, 0) is 19.4 Å². The maximum atomic E-state index is 4.26. The Morgan fingerprint density at radius 1 is 1.73 bits per heavy atom. The molecule has 1 aromatic heterocycles. The second kappa shape index (κ2) is 3.32. The summed E-state index contributed by atoms with van der Waals surface area (Å²) in [5, 5.41) is 5.60. The molecule has 2 nitrogen and oxygen atoms in total. The second-order valence-electron chi connectivity index (χ2n) is 2.98. The SMILES string of the molecule is c1nc(CC2CCCN2)cs1. The molecule has 0 spiro atoms. The molecule has 1 aromatic rings. The number of aromatic nitrogens is 1. The first-order valence-corrected chi connectivity index (χ1v) is 5.00. The van der Waals surface area contributed by atoms with E-state index in [2.05, 4.69) is 15.7 Å². The zero-order valence-corrected chi connectivity index (χ0v) is 7.23. The van der Waals surface area contributed by atoms with Gasteiger partial charge in [0.2, 0.25) is 0 Å². The number of hydrogen-bond donors (Lipinski definition) is 1. The molecule has 0 radical (unpaired) electrons. The molecular formula is C8H12N2S. The highest BCUT2D eigenvalue weighted by molar-refractivity contribution is 7.07. The van der Waals surface area contributed by atoms with Gasteiger partial charge in [0.15, 0.2) is 0 Å². The number of hydrogen-bond acceptors (Lipinski definition) is 3. The Hall–Kier alpha value is -0.410. The Morgan fingerprint density at radius 3 is 3.36 bits per heavy atom. The molecule has 1 atom stereocenters. The van der Waals surface area contributed by atoms with Crippen LogP contribution >= 0.6 is 11.3 Å². The van der Waals surface area contributed by atoms with Crippen LogP contribution in [0.2, 0.25) is 0 Å². The molecule has 2 heterocycles. The molecule has 1 fully saturated rings. The van der Waals surface area contributed by atoms with Gasteiger partial charge in [0, 0.05) is 17.8 Å². The van der Waals surface area contributed by atoms with Gasteiger partial charge in [-0.1, -0.05) is 0 Å². The summed E-state index contributed by atoms with van der Waals surface area (Å²) in [6.07, 6.45) is 3.76. The number of rotatable bonds is 2. The largest absolute Gasteiger partial charge is 0.314 e. The van der Waals surface area contributed by atoms with Crippen molar-refractivity contribution in [2.45, 2.75) is 25.3 Å². The summed E-state index contributed by atoms with van der Waals surface area (Å²) in [5.74, 6) is 0. The second-order valence-corrected chi connectivity index (χ2v) is 3.70. The molecule has 0 saturated carbocycles. The van der Waals surface area contributed by atoms with Crippen LogP contribution in [-0.4, -0.2) is 17.6 Å². The lowest BCUT2D eigenvalue weighted by molar-refractivity contribution is 0.597. The zero-order valence-electron chi connectivity index (χ0n) is 6.42. The van der Waals surface area contributed by atoms with E-state index in [0.717, 1.165) is 6.42 Å². The maximum absolute atomic E-state index is 4.26. The summed E-state index contributed by atoms with van der Waals surface area (Å²) >= 11 is 1.68. The highest BCUT2D eigenvalue weighted by atomic mass is 32.1. The van der Waals surface area contributed by atoms with Crippen molar-refractivity contribution in [2.75, 3.05) is 6.54 Å². The van der Waals surface area contributed by atoms with Gasteiger partial charge in [0.25, 0.3) is 0 Å². The van der Waals surface area contributed by atoms with E-state index in [1.165, 1.54) is 25.1 Å². The van der Waals surface area contributed by atoms with Crippen molar-refractivity contribution in [3.63, 3.8) is 0 Å². The number of nitrogens with one attached hydrogen (secondary N) is 1. The van der Waals surface area contributed by atoms with Crippen molar-refractivity contribution < 1.29 is 0 Å². The lowest BCUT2D eigenvalue weighted by atomic mass is 10.1. The summed E-state index contributed by atoms with van der Waals surface area (Å²) in [7, 11) is 0. The maximum Gasteiger partial charge on any atom is 0.0794 e. The highest BCUT2D eigenvalue weighted by Crippen LogP contribution is 2.11. The molecule has 0 bridgehead atoms. The van der Waals surface area contributed by atoms with Gasteiger partial charge in [-0.2, -0.15) is 0 Å². The van der Waals surface area contributed by atoms with Crippen molar-refractivity contribution in [3.8, 4) is 0 Å². The quantitative estimate of drug-likeness (QED) is 0.722. The smallest absolute Gasteiger partial charge is 0.0794 e. The average Bonchev–Trinajstić information content (AvgIpc) is 2.60.